The van der Waals surface area contributed by atoms with Gasteiger partial charge in [0.15, 0.2) is 5.75 Å². The molecule has 1 aliphatic carbocycles. The number of phenolic OH excluding ortho intramolecular Hbond substituents is 1. The summed E-state index contributed by atoms with van der Waals surface area (Å²) in [6.45, 7) is 6.11. The van der Waals surface area contributed by atoms with Crippen LogP contribution >= 0.6 is 0 Å². The predicted octanol–water partition coefficient (Wildman–Crippen LogP) is 6.95. The second kappa shape index (κ2) is 13.9. The Labute approximate surface area is 290 Å². The number of anilines is 2. The summed E-state index contributed by atoms with van der Waals surface area (Å²) >= 11 is 0. The van der Waals surface area contributed by atoms with Gasteiger partial charge in [0, 0.05) is 45.1 Å². The lowest BCUT2D eigenvalue weighted by atomic mass is 9.78. The van der Waals surface area contributed by atoms with E-state index in [1.807, 2.05) is 30.3 Å². The van der Waals surface area contributed by atoms with Crippen molar-refractivity contribution in [3.05, 3.63) is 72.3 Å². The number of alkyl halides is 2. The number of ether oxygens (including phenoxy) is 3. The Morgan fingerprint density at radius 1 is 1.02 bits per heavy atom. The number of amides is 3. The van der Waals surface area contributed by atoms with Crippen molar-refractivity contribution in [1.29, 1.82) is 0 Å². The summed E-state index contributed by atoms with van der Waals surface area (Å²) in [7, 11) is 1.49. The number of methoxy groups -OCH3 is 1. The first-order chi connectivity index (χ1) is 23.8. The standard InChI is InChI=1S/C38H43F2N3O7/c1-37(2,3)50-36(47)41-18-16-30(26-10-5-8-24(20-26)25-9-6-11-29(44)21-25)31(23-41)34(45)43(27-12-13-27)28-14-15-33-32(22-28)42(17-7-19-48-4)35(46)38(39,40)49-33/h5-6,8-11,14-15,20-22,27,30-31,44H,7,12-13,16-19,23H2,1-4H3/t30-,31+/m1/s1. The number of carbonyl (C=O) groups excluding carboxylic acids is 3. The summed E-state index contributed by atoms with van der Waals surface area (Å²) in [4.78, 5) is 45.3. The van der Waals surface area contributed by atoms with Crippen molar-refractivity contribution in [2.75, 3.05) is 43.2 Å². The minimum absolute atomic E-state index is 0.0233. The highest BCUT2D eigenvalue weighted by Crippen LogP contribution is 2.45. The van der Waals surface area contributed by atoms with Crippen LogP contribution in [-0.2, 0) is 19.1 Å². The van der Waals surface area contributed by atoms with Crippen molar-refractivity contribution in [1.82, 2.24) is 4.90 Å². The average Bonchev–Trinajstić information content (AvgIpc) is 3.91. The Hall–Kier alpha value is -4.71. The number of piperidine rings is 1. The molecule has 0 radical (unpaired) electrons. The van der Waals surface area contributed by atoms with Gasteiger partial charge >= 0.3 is 18.1 Å². The van der Waals surface area contributed by atoms with Gasteiger partial charge in [-0.2, -0.15) is 8.78 Å². The second-order valence-corrected chi connectivity index (χ2v) is 14.1. The molecule has 6 rings (SSSR count). The van der Waals surface area contributed by atoms with Crippen LogP contribution < -0.4 is 14.5 Å². The Balaban J connectivity index is 1.37. The molecule has 12 heteroatoms. The minimum atomic E-state index is -4.03. The summed E-state index contributed by atoms with van der Waals surface area (Å²) < 4.78 is 44.8. The molecule has 1 saturated heterocycles. The van der Waals surface area contributed by atoms with Gasteiger partial charge in [-0.05, 0) is 99.4 Å². The van der Waals surface area contributed by atoms with E-state index in [0.717, 1.165) is 34.4 Å². The smallest absolute Gasteiger partial charge is 0.482 e. The number of likely N-dealkylation sites (tertiary alicyclic amines) is 1. The maximum absolute atomic E-state index is 14.9. The Morgan fingerprint density at radius 2 is 1.74 bits per heavy atom. The molecule has 1 saturated carbocycles. The molecule has 0 unspecified atom stereocenters. The molecule has 3 aromatic rings. The molecule has 50 heavy (non-hydrogen) atoms. The number of nitrogens with zero attached hydrogens (tertiary/aromatic N) is 3. The number of halogens is 2. The number of benzene rings is 3. The number of hydrogen-bond donors (Lipinski definition) is 1. The number of fused-ring (bicyclic) bond motifs is 1. The maximum Gasteiger partial charge on any atom is 0.482 e. The fourth-order valence-electron chi connectivity index (χ4n) is 6.75. The molecule has 2 fully saturated rings. The van der Waals surface area contributed by atoms with E-state index in [0.29, 0.717) is 25.1 Å². The largest absolute Gasteiger partial charge is 0.508 e. The monoisotopic (exact) mass is 691 g/mol. The van der Waals surface area contributed by atoms with Gasteiger partial charge in [-0.1, -0.05) is 36.4 Å². The van der Waals surface area contributed by atoms with Crippen molar-refractivity contribution in [2.45, 2.75) is 70.1 Å². The van der Waals surface area contributed by atoms with Gasteiger partial charge in [-0.3, -0.25) is 9.59 Å². The van der Waals surface area contributed by atoms with Crippen LogP contribution in [0.3, 0.4) is 0 Å². The first-order valence-electron chi connectivity index (χ1n) is 17.0. The molecule has 3 aliphatic rings. The van der Waals surface area contributed by atoms with Gasteiger partial charge in [-0.25, -0.2) is 4.79 Å². The fraction of sp³-hybridized carbons (Fsp3) is 0.447. The molecular formula is C38H43F2N3O7. The second-order valence-electron chi connectivity index (χ2n) is 14.1. The van der Waals surface area contributed by atoms with Gasteiger partial charge < -0.3 is 34.0 Å². The third-order valence-electron chi connectivity index (χ3n) is 9.20. The van der Waals surface area contributed by atoms with Gasteiger partial charge in [0.2, 0.25) is 5.91 Å². The first-order valence-corrected chi connectivity index (χ1v) is 17.0. The van der Waals surface area contributed by atoms with Crippen molar-refractivity contribution in [2.24, 2.45) is 5.92 Å². The van der Waals surface area contributed by atoms with Gasteiger partial charge in [-0.15, -0.1) is 0 Å². The zero-order valence-electron chi connectivity index (χ0n) is 28.7. The van der Waals surface area contributed by atoms with E-state index < -0.39 is 29.6 Å². The number of aromatic hydroxyl groups is 1. The zero-order chi connectivity index (χ0) is 35.8. The molecule has 3 aromatic carbocycles. The highest BCUT2D eigenvalue weighted by Gasteiger charge is 2.51. The lowest BCUT2D eigenvalue weighted by Crippen LogP contribution is -2.52. The molecule has 2 aliphatic heterocycles. The van der Waals surface area contributed by atoms with Crippen LogP contribution in [0.4, 0.5) is 25.0 Å². The van der Waals surface area contributed by atoms with Crippen molar-refractivity contribution >= 4 is 29.3 Å². The topological polar surface area (TPSA) is 109 Å². The lowest BCUT2D eigenvalue weighted by molar-refractivity contribution is -0.192. The molecule has 0 spiro atoms. The normalized spacial score (nSPS) is 20.2. The van der Waals surface area contributed by atoms with Crippen LogP contribution in [0.5, 0.6) is 11.5 Å². The van der Waals surface area contributed by atoms with Crippen LogP contribution in [0.25, 0.3) is 11.1 Å². The van der Waals surface area contributed by atoms with Gasteiger partial charge in [0.1, 0.15) is 11.4 Å². The summed E-state index contributed by atoms with van der Waals surface area (Å²) in [5.74, 6) is -2.65. The third-order valence-corrected chi connectivity index (χ3v) is 9.20. The highest BCUT2D eigenvalue weighted by molar-refractivity contribution is 6.03. The summed E-state index contributed by atoms with van der Waals surface area (Å²) in [5.41, 5.74) is 2.51. The quantitative estimate of drug-likeness (QED) is 0.242. The van der Waals surface area contributed by atoms with Crippen molar-refractivity contribution in [3.63, 3.8) is 0 Å². The Kier molecular flexibility index (Phi) is 9.76. The average molecular weight is 692 g/mol. The molecule has 2 heterocycles. The molecular weight excluding hydrogens is 648 g/mol. The number of hydrogen-bond acceptors (Lipinski definition) is 7. The number of rotatable bonds is 9. The van der Waals surface area contributed by atoms with Crippen LogP contribution in [-0.4, -0.2) is 79.0 Å². The Bertz CT molecular complexity index is 1760. The van der Waals surface area contributed by atoms with Crippen molar-refractivity contribution in [3.8, 4) is 22.6 Å². The predicted molar refractivity (Wildman–Crippen MR) is 184 cm³/mol. The molecule has 2 atom stereocenters. The van der Waals surface area contributed by atoms with Crippen LogP contribution in [0.1, 0.15) is 57.9 Å². The first kappa shape index (κ1) is 35.1. The SMILES string of the molecule is COCCCN1C(=O)C(F)(F)Oc2ccc(N(C(=O)[C@H]3CN(C(=O)OC(C)(C)C)CC[C@@H]3c3cccc(-c4cccc(O)c4)c3)C3CC3)cc21. The number of carbonyl (C=O) groups is 3. The van der Waals surface area contributed by atoms with Crippen molar-refractivity contribution < 1.29 is 42.5 Å². The molecule has 1 N–H and O–H groups in total. The Morgan fingerprint density at radius 3 is 2.42 bits per heavy atom. The highest BCUT2D eigenvalue weighted by atomic mass is 19.3. The summed E-state index contributed by atoms with van der Waals surface area (Å²) in [6.07, 6.45) is -2.23. The fourth-order valence-corrected chi connectivity index (χ4v) is 6.75. The summed E-state index contributed by atoms with van der Waals surface area (Å²) in [6, 6.07) is 19.2. The minimum Gasteiger partial charge on any atom is -0.508 e. The van der Waals surface area contributed by atoms with Gasteiger partial charge in [0.05, 0.1) is 11.6 Å². The molecule has 3 amide bonds. The lowest BCUT2D eigenvalue weighted by Gasteiger charge is -2.41. The van der Waals surface area contributed by atoms with E-state index in [1.54, 1.807) is 60.9 Å². The van der Waals surface area contributed by atoms with E-state index in [-0.39, 0.29) is 54.7 Å². The third kappa shape index (κ3) is 7.55. The summed E-state index contributed by atoms with van der Waals surface area (Å²) in [5, 5.41) is 10.1. The molecule has 0 bridgehead atoms. The van der Waals surface area contributed by atoms with Crippen LogP contribution in [0.15, 0.2) is 66.7 Å². The molecule has 0 aromatic heterocycles. The van der Waals surface area contributed by atoms with Gasteiger partial charge in [0.25, 0.3) is 0 Å². The molecule has 266 valence electrons. The number of phenols is 1. The van der Waals surface area contributed by atoms with E-state index in [4.69, 9.17) is 14.2 Å². The van der Waals surface area contributed by atoms with Crippen LogP contribution in [0.2, 0.25) is 0 Å². The maximum atomic E-state index is 14.9. The van der Waals surface area contributed by atoms with E-state index in [1.165, 1.54) is 13.2 Å². The van der Waals surface area contributed by atoms with Crippen LogP contribution in [0, 0.1) is 5.92 Å². The van der Waals surface area contributed by atoms with E-state index in [9.17, 15) is 28.3 Å². The van der Waals surface area contributed by atoms with E-state index in [2.05, 4.69) is 0 Å². The van der Waals surface area contributed by atoms with E-state index >= 15 is 0 Å². The molecule has 10 nitrogen and oxygen atoms in total. The zero-order valence-corrected chi connectivity index (χ0v) is 28.7.